The number of anilines is 1. The van der Waals surface area contributed by atoms with Crippen LogP contribution < -0.4 is 9.62 Å². The van der Waals surface area contributed by atoms with Gasteiger partial charge in [0.25, 0.3) is 10.0 Å². The van der Waals surface area contributed by atoms with Gasteiger partial charge < -0.3 is 10.2 Å². The normalized spacial score (nSPS) is 14.1. The minimum Gasteiger partial charge on any atom is -0.352 e. The number of amides is 2. The number of nitrogens with zero attached hydrogens (tertiary/aromatic N) is 2. The minimum absolute atomic E-state index is 0.0123. The Labute approximate surface area is 281 Å². The van der Waals surface area contributed by atoms with E-state index in [-0.39, 0.29) is 29.8 Å². The highest BCUT2D eigenvalue weighted by atomic mass is 35.5. The summed E-state index contributed by atoms with van der Waals surface area (Å²) in [7, 11) is -4.16. The molecule has 1 atom stereocenters. The molecule has 0 aromatic heterocycles. The van der Waals surface area contributed by atoms with Crippen LogP contribution in [0.25, 0.3) is 0 Å². The fourth-order valence-corrected chi connectivity index (χ4v) is 7.47. The van der Waals surface area contributed by atoms with E-state index in [4.69, 9.17) is 23.2 Å². The van der Waals surface area contributed by atoms with Crippen LogP contribution in [0.4, 0.5) is 5.69 Å². The molecule has 240 valence electrons. The maximum atomic E-state index is 14.6. The third kappa shape index (κ3) is 8.29. The van der Waals surface area contributed by atoms with Crippen LogP contribution in [0.3, 0.4) is 0 Å². The molecular weight excluding hydrogens is 641 g/mol. The molecule has 4 aromatic rings. The lowest BCUT2D eigenvalue weighted by Gasteiger charge is -2.34. The summed E-state index contributed by atoms with van der Waals surface area (Å²) < 4.78 is 29.3. The number of aryl methyl sites for hydroxylation is 1. The predicted molar refractivity (Wildman–Crippen MR) is 183 cm³/mol. The largest absolute Gasteiger partial charge is 0.352 e. The second-order valence-electron chi connectivity index (χ2n) is 11.6. The summed E-state index contributed by atoms with van der Waals surface area (Å²) in [5.41, 5.74) is 2.81. The van der Waals surface area contributed by atoms with Crippen molar-refractivity contribution in [3.05, 3.63) is 130 Å². The molecule has 1 fully saturated rings. The number of rotatable bonds is 12. The van der Waals surface area contributed by atoms with Gasteiger partial charge in [-0.25, -0.2) is 8.42 Å². The van der Waals surface area contributed by atoms with Crippen molar-refractivity contribution in [3.8, 4) is 0 Å². The van der Waals surface area contributed by atoms with Crippen LogP contribution in [0.2, 0.25) is 10.0 Å². The van der Waals surface area contributed by atoms with Crippen LogP contribution in [-0.2, 0) is 32.6 Å². The van der Waals surface area contributed by atoms with Gasteiger partial charge in [0, 0.05) is 19.0 Å². The molecule has 5 rings (SSSR count). The van der Waals surface area contributed by atoms with Crippen molar-refractivity contribution in [1.29, 1.82) is 0 Å². The topological polar surface area (TPSA) is 86.8 Å². The monoisotopic (exact) mass is 677 g/mol. The van der Waals surface area contributed by atoms with Crippen LogP contribution in [0.1, 0.15) is 42.4 Å². The zero-order valence-electron chi connectivity index (χ0n) is 25.6. The quantitative estimate of drug-likeness (QED) is 0.172. The fourth-order valence-electron chi connectivity index (χ4n) is 5.72. The lowest BCUT2D eigenvalue weighted by molar-refractivity contribution is -0.140. The number of sulfonamides is 1. The highest BCUT2D eigenvalue weighted by Gasteiger charge is 2.35. The van der Waals surface area contributed by atoms with E-state index >= 15 is 0 Å². The summed E-state index contributed by atoms with van der Waals surface area (Å²) >= 11 is 12.6. The first kappa shape index (κ1) is 33.5. The van der Waals surface area contributed by atoms with E-state index in [9.17, 15) is 18.0 Å². The van der Waals surface area contributed by atoms with Gasteiger partial charge in [-0.05, 0) is 67.3 Å². The molecule has 0 bridgehead atoms. The van der Waals surface area contributed by atoms with E-state index in [0.29, 0.717) is 21.3 Å². The Morgan fingerprint density at radius 2 is 1.46 bits per heavy atom. The van der Waals surface area contributed by atoms with Crippen molar-refractivity contribution in [2.45, 2.75) is 62.6 Å². The SMILES string of the molecule is Cc1ccc(N(CC(=O)N(Cc2ccc(Cl)c(Cl)c2)[C@@H](Cc2ccccc2)C(=O)NC2CCCC2)S(=O)(=O)c2ccccc2)cc1. The molecule has 0 aliphatic heterocycles. The molecule has 1 saturated carbocycles. The number of benzene rings is 4. The van der Waals surface area contributed by atoms with Crippen molar-refractivity contribution in [2.24, 2.45) is 0 Å². The number of nitrogens with one attached hydrogen (secondary N) is 1. The summed E-state index contributed by atoms with van der Waals surface area (Å²) in [6, 6.07) is 28.6. The van der Waals surface area contributed by atoms with Gasteiger partial charge in [0.2, 0.25) is 11.8 Å². The number of hydrogen-bond donors (Lipinski definition) is 1. The van der Waals surface area contributed by atoms with Crippen molar-refractivity contribution < 1.29 is 18.0 Å². The molecule has 2 amide bonds. The van der Waals surface area contributed by atoms with Gasteiger partial charge in [0.05, 0.1) is 20.6 Å². The number of halogens is 2. The highest BCUT2D eigenvalue weighted by molar-refractivity contribution is 7.92. The minimum atomic E-state index is -4.16. The van der Waals surface area contributed by atoms with E-state index in [1.54, 1.807) is 60.7 Å². The third-order valence-electron chi connectivity index (χ3n) is 8.24. The molecule has 0 heterocycles. The van der Waals surface area contributed by atoms with Gasteiger partial charge in [-0.15, -0.1) is 0 Å². The first-order valence-corrected chi connectivity index (χ1v) is 17.5. The van der Waals surface area contributed by atoms with Gasteiger partial charge >= 0.3 is 0 Å². The Kier molecular flexibility index (Phi) is 11.0. The molecule has 0 spiro atoms. The van der Waals surface area contributed by atoms with Crippen LogP contribution in [0.5, 0.6) is 0 Å². The standard InChI is InChI=1S/C36H37Cl2N3O4S/c1-26-16-19-30(20-17-26)41(46(44,45)31-14-6-3-7-15-31)25-35(42)40(24-28-18-21-32(37)33(38)22-28)34(23-27-10-4-2-5-11-27)36(43)39-29-12-8-9-13-29/h2-7,10-11,14-22,29,34H,8-9,12-13,23-25H2,1H3,(H,39,43)/t34-/m0/s1. The first-order chi connectivity index (χ1) is 22.1. The second kappa shape index (κ2) is 15.2. The first-order valence-electron chi connectivity index (χ1n) is 15.3. The Bertz CT molecular complexity index is 1750. The number of hydrogen-bond acceptors (Lipinski definition) is 4. The molecule has 0 unspecified atom stereocenters. The second-order valence-corrected chi connectivity index (χ2v) is 14.3. The van der Waals surface area contributed by atoms with Gasteiger partial charge in [0.15, 0.2) is 0 Å². The van der Waals surface area contributed by atoms with Gasteiger partial charge in [0.1, 0.15) is 12.6 Å². The molecule has 1 aliphatic carbocycles. The summed E-state index contributed by atoms with van der Waals surface area (Å²) in [4.78, 5) is 30.2. The van der Waals surface area contributed by atoms with Crippen LogP contribution >= 0.6 is 23.2 Å². The van der Waals surface area contributed by atoms with Crippen LogP contribution in [-0.4, -0.2) is 43.8 Å². The summed E-state index contributed by atoms with van der Waals surface area (Å²) in [5.74, 6) is -0.814. The summed E-state index contributed by atoms with van der Waals surface area (Å²) in [6.07, 6.45) is 4.05. The van der Waals surface area contributed by atoms with Gasteiger partial charge in [-0.2, -0.15) is 0 Å². The molecule has 46 heavy (non-hydrogen) atoms. The van der Waals surface area contributed by atoms with E-state index < -0.39 is 28.5 Å². The predicted octanol–water partition coefficient (Wildman–Crippen LogP) is 7.20. The molecular formula is C36H37Cl2N3O4S. The zero-order chi connectivity index (χ0) is 32.7. The van der Waals surface area contributed by atoms with Crippen molar-refractivity contribution >= 4 is 50.7 Å². The molecule has 7 nitrogen and oxygen atoms in total. The van der Waals surface area contributed by atoms with Gasteiger partial charge in [-0.1, -0.05) is 108 Å². The highest BCUT2D eigenvalue weighted by Crippen LogP contribution is 2.27. The molecule has 0 radical (unpaired) electrons. The smallest absolute Gasteiger partial charge is 0.264 e. The van der Waals surface area contributed by atoms with Crippen molar-refractivity contribution in [2.75, 3.05) is 10.8 Å². The zero-order valence-corrected chi connectivity index (χ0v) is 27.9. The Morgan fingerprint density at radius 3 is 2.09 bits per heavy atom. The van der Waals surface area contributed by atoms with Gasteiger partial charge in [-0.3, -0.25) is 13.9 Å². The lowest BCUT2D eigenvalue weighted by Crippen LogP contribution is -2.54. The van der Waals surface area contributed by atoms with Crippen LogP contribution in [0, 0.1) is 6.92 Å². The summed E-state index contributed by atoms with van der Waals surface area (Å²) in [5, 5.41) is 3.85. The Balaban J connectivity index is 1.57. The third-order valence-corrected chi connectivity index (χ3v) is 10.8. The average molecular weight is 679 g/mol. The van der Waals surface area contributed by atoms with Crippen LogP contribution in [0.15, 0.2) is 108 Å². The molecule has 0 saturated heterocycles. The molecule has 4 aromatic carbocycles. The van der Waals surface area contributed by atoms with E-state index in [1.165, 1.54) is 17.0 Å². The average Bonchev–Trinajstić information content (AvgIpc) is 3.57. The fraction of sp³-hybridized carbons (Fsp3) is 0.278. The molecule has 1 aliphatic rings. The summed E-state index contributed by atoms with van der Waals surface area (Å²) in [6.45, 7) is 1.39. The van der Waals surface area contributed by atoms with E-state index in [2.05, 4.69) is 5.32 Å². The Hall–Kier alpha value is -3.85. The maximum Gasteiger partial charge on any atom is 0.264 e. The van der Waals surface area contributed by atoms with E-state index in [1.807, 2.05) is 37.3 Å². The lowest BCUT2D eigenvalue weighted by atomic mass is 10.0. The molecule has 10 heteroatoms. The number of carbonyl (C=O) groups excluding carboxylic acids is 2. The van der Waals surface area contributed by atoms with Crippen molar-refractivity contribution in [3.63, 3.8) is 0 Å². The molecule has 1 N–H and O–H groups in total. The van der Waals surface area contributed by atoms with E-state index in [0.717, 1.165) is 41.1 Å². The maximum absolute atomic E-state index is 14.6. The Morgan fingerprint density at radius 1 is 0.826 bits per heavy atom. The van der Waals surface area contributed by atoms with Crippen molar-refractivity contribution in [1.82, 2.24) is 10.2 Å². The number of carbonyl (C=O) groups is 2.